The van der Waals surface area contributed by atoms with Gasteiger partial charge in [0, 0.05) is 12.2 Å². The van der Waals surface area contributed by atoms with Gasteiger partial charge in [-0.2, -0.15) is 0 Å². The number of nitrogens with zero attached hydrogens (tertiary/aromatic N) is 1. The predicted octanol–water partition coefficient (Wildman–Crippen LogP) is 0.387. The van der Waals surface area contributed by atoms with Crippen LogP contribution >= 0.6 is 0 Å². The summed E-state index contributed by atoms with van der Waals surface area (Å²) in [5.41, 5.74) is 0.864. The van der Waals surface area contributed by atoms with E-state index in [1.54, 1.807) is 7.11 Å². The van der Waals surface area contributed by atoms with Crippen molar-refractivity contribution in [1.82, 2.24) is 10.2 Å². The molecule has 1 aromatic heterocycles. The van der Waals surface area contributed by atoms with E-state index in [-0.39, 0.29) is 12.3 Å². The second-order valence-electron chi connectivity index (χ2n) is 3.97. The molecule has 0 fully saturated rings. The smallest absolute Gasteiger partial charge is 0.434 e. The van der Waals surface area contributed by atoms with Gasteiger partial charge in [0.25, 0.3) is 0 Å². The SMILES string of the molecule is COc1ccc(NCC(O)Cc2n[nH]c(=O)o2)cc1. The van der Waals surface area contributed by atoms with Crippen LogP contribution in [0.15, 0.2) is 33.5 Å². The summed E-state index contributed by atoms with van der Waals surface area (Å²) in [5, 5.41) is 18.6. The van der Waals surface area contributed by atoms with Crippen molar-refractivity contribution in [2.45, 2.75) is 12.5 Å². The Morgan fingerprint density at radius 3 is 2.79 bits per heavy atom. The molecule has 1 aromatic carbocycles. The molecule has 19 heavy (non-hydrogen) atoms. The summed E-state index contributed by atoms with van der Waals surface area (Å²) in [4.78, 5) is 10.7. The van der Waals surface area contributed by atoms with Crippen LogP contribution in [-0.2, 0) is 6.42 Å². The lowest BCUT2D eigenvalue weighted by Crippen LogP contribution is -2.22. The number of ether oxygens (including phenoxy) is 1. The molecular weight excluding hydrogens is 250 g/mol. The lowest BCUT2D eigenvalue weighted by atomic mass is 10.2. The topological polar surface area (TPSA) is 100 Å². The molecule has 2 aromatic rings. The molecule has 0 amide bonds. The lowest BCUT2D eigenvalue weighted by molar-refractivity contribution is 0.177. The Bertz CT molecular complexity index is 561. The summed E-state index contributed by atoms with van der Waals surface area (Å²) in [5.74, 6) is 0.337. The van der Waals surface area contributed by atoms with Crippen LogP contribution in [0.2, 0.25) is 0 Å². The third-order valence-corrected chi connectivity index (χ3v) is 2.52. The number of aliphatic hydroxyl groups excluding tert-OH is 1. The van der Waals surface area contributed by atoms with Crippen LogP contribution < -0.4 is 15.8 Å². The monoisotopic (exact) mass is 265 g/mol. The van der Waals surface area contributed by atoms with Gasteiger partial charge in [-0.1, -0.05) is 0 Å². The number of aromatic nitrogens is 2. The van der Waals surface area contributed by atoms with Crippen LogP contribution in [0.4, 0.5) is 5.69 Å². The van der Waals surface area contributed by atoms with Gasteiger partial charge in [0.05, 0.1) is 19.6 Å². The first-order valence-electron chi connectivity index (χ1n) is 5.78. The lowest BCUT2D eigenvalue weighted by Gasteiger charge is -2.11. The largest absolute Gasteiger partial charge is 0.497 e. The van der Waals surface area contributed by atoms with Crippen LogP contribution in [0.25, 0.3) is 0 Å². The quantitative estimate of drug-likeness (QED) is 0.698. The second-order valence-corrected chi connectivity index (χ2v) is 3.97. The molecule has 0 saturated carbocycles. The number of aliphatic hydroxyl groups is 1. The highest BCUT2D eigenvalue weighted by Crippen LogP contribution is 2.14. The van der Waals surface area contributed by atoms with E-state index in [9.17, 15) is 9.90 Å². The number of anilines is 1. The van der Waals surface area contributed by atoms with E-state index >= 15 is 0 Å². The molecule has 7 nitrogen and oxygen atoms in total. The molecule has 0 aliphatic heterocycles. The maximum absolute atomic E-state index is 10.7. The van der Waals surface area contributed by atoms with Gasteiger partial charge in [0.2, 0.25) is 5.89 Å². The molecule has 2 rings (SSSR count). The van der Waals surface area contributed by atoms with Crippen molar-refractivity contribution in [3.05, 3.63) is 40.7 Å². The molecule has 0 spiro atoms. The fourth-order valence-electron chi connectivity index (χ4n) is 1.57. The fourth-order valence-corrected chi connectivity index (χ4v) is 1.57. The first-order valence-corrected chi connectivity index (χ1v) is 5.78. The normalized spacial score (nSPS) is 12.1. The van der Waals surface area contributed by atoms with Gasteiger partial charge in [-0.25, -0.2) is 9.89 Å². The third kappa shape index (κ3) is 3.85. The van der Waals surface area contributed by atoms with Gasteiger partial charge < -0.3 is 19.6 Å². The zero-order valence-corrected chi connectivity index (χ0v) is 10.4. The fraction of sp³-hybridized carbons (Fsp3) is 0.333. The van der Waals surface area contributed by atoms with Crippen molar-refractivity contribution < 1.29 is 14.3 Å². The summed E-state index contributed by atoms with van der Waals surface area (Å²) in [6.45, 7) is 0.322. The zero-order valence-electron chi connectivity index (χ0n) is 10.4. The standard InChI is InChI=1S/C12H15N3O4/c1-18-10-4-2-8(3-5-10)13-7-9(16)6-11-14-15-12(17)19-11/h2-5,9,13,16H,6-7H2,1H3,(H,15,17). The molecule has 0 saturated heterocycles. The number of hydrogen-bond donors (Lipinski definition) is 3. The van der Waals surface area contributed by atoms with Crippen LogP contribution in [0.5, 0.6) is 5.75 Å². The Kier molecular flexibility index (Phi) is 4.19. The zero-order chi connectivity index (χ0) is 13.7. The molecule has 1 atom stereocenters. The van der Waals surface area contributed by atoms with Crippen molar-refractivity contribution in [1.29, 1.82) is 0 Å². The average Bonchev–Trinajstić information content (AvgIpc) is 2.82. The number of methoxy groups -OCH3 is 1. The molecule has 1 unspecified atom stereocenters. The highest BCUT2D eigenvalue weighted by Gasteiger charge is 2.10. The van der Waals surface area contributed by atoms with Crippen molar-refractivity contribution in [2.24, 2.45) is 0 Å². The van der Waals surface area contributed by atoms with Crippen molar-refractivity contribution in [2.75, 3.05) is 19.0 Å². The highest BCUT2D eigenvalue weighted by atomic mass is 16.5. The van der Waals surface area contributed by atoms with Crippen LogP contribution in [0.3, 0.4) is 0 Å². The Labute approximate surface area is 109 Å². The molecule has 102 valence electrons. The number of nitrogens with one attached hydrogen (secondary N) is 2. The molecule has 0 aliphatic rings. The van der Waals surface area contributed by atoms with Crippen molar-refractivity contribution >= 4 is 5.69 Å². The minimum atomic E-state index is -0.700. The third-order valence-electron chi connectivity index (χ3n) is 2.52. The Morgan fingerprint density at radius 1 is 1.47 bits per heavy atom. The maximum atomic E-state index is 10.7. The van der Waals surface area contributed by atoms with Gasteiger partial charge >= 0.3 is 5.76 Å². The molecule has 0 aliphatic carbocycles. The van der Waals surface area contributed by atoms with E-state index in [1.807, 2.05) is 24.3 Å². The Balaban J connectivity index is 1.82. The number of rotatable bonds is 6. The summed E-state index contributed by atoms with van der Waals surface area (Å²) in [6, 6.07) is 7.34. The van der Waals surface area contributed by atoms with Gasteiger partial charge in [0.15, 0.2) is 0 Å². The molecule has 0 radical (unpaired) electrons. The number of aromatic amines is 1. The van der Waals surface area contributed by atoms with Crippen LogP contribution in [0.1, 0.15) is 5.89 Å². The Hall–Kier alpha value is -2.28. The van der Waals surface area contributed by atoms with Crippen LogP contribution in [-0.4, -0.2) is 35.1 Å². The Morgan fingerprint density at radius 2 is 2.21 bits per heavy atom. The van der Waals surface area contributed by atoms with E-state index in [2.05, 4.69) is 15.5 Å². The second kappa shape index (κ2) is 6.05. The molecule has 1 heterocycles. The summed E-state index contributed by atoms with van der Waals surface area (Å²) >= 11 is 0. The highest BCUT2D eigenvalue weighted by molar-refractivity contribution is 5.46. The summed E-state index contributed by atoms with van der Waals surface area (Å²) in [7, 11) is 1.60. The molecule has 3 N–H and O–H groups in total. The van der Waals surface area contributed by atoms with E-state index in [4.69, 9.17) is 9.15 Å². The first kappa shape index (κ1) is 13.2. The average molecular weight is 265 g/mol. The van der Waals surface area contributed by atoms with Crippen molar-refractivity contribution in [3.63, 3.8) is 0 Å². The van der Waals surface area contributed by atoms with E-state index in [0.29, 0.717) is 6.54 Å². The minimum absolute atomic E-state index is 0.169. The van der Waals surface area contributed by atoms with Gasteiger partial charge in [-0.05, 0) is 24.3 Å². The van der Waals surface area contributed by atoms with Gasteiger partial charge in [-0.3, -0.25) is 0 Å². The van der Waals surface area contributed by atoms with E-state index in [0.717, 1.165) is 11.4 Å². The first-order chi connectivity index (χ1) is 9.17. The minimum Gasteiger partial charge on any atom is -0.497 e. The van der Waals surface area contributed by atoms with E-state index in [1.165, 1.54) is 0 Å². The summed E-state index contributed by atoms with van der Waals surface area (Å²) in [6.07, 6.45) is -0.532. The number of benzene rings is 1. The summed E-state index contributed by atoms with van der Waals surface area (Å²) < 4.78 is 9.76. The molecule has 7 heteroatoms. The molecule has 0 bridgehead atoms. The number of H-pyrrole nitrogens is 1. The van der Waals surface area contributed by atoms with Gasteiger partial charge in [-0.15, -0.1) is 5.10 Å². The predicted molar refractivity (Wildman–Crippen MR) is 68.3 cm³/mol. The van der Waals surface area contributed by atoms with Crippen LogP contribution in [0, 0.1) is 0 Å². The maximum Gasteiger partial charge on any atom is 0.434 e. The molecular formula is C12H15N3O4. The van der Waals surface area contributed by atoms with Crippen molar-refractivity contribution in [3.8, 4) is 5.75 Å². The number of hydrogen-bond acceptors (Lipinski definition) is 6. The van der Waals surface area contributed by atoms with E-state index < -0.39 is 11.9 Å². The van der Waals surface area contributed by atoms with Gasteiger partial charge in [0.1, 0.15) is 5.75 Å².